The Kier molecular flexibility index (Phi) is 2.78. The Balaban J connectivity index is 2.27. The predicted octanol–water partition coefficient (Wildman–Crippen LogP) is 1.56. The van der Waals surface area contributed by atoms with Gasteiger partial charge in [0.05, 0.1) is 0 Å². The zero-order valence-electron chi connectivity index (χ0n) is 11.3. The molecule has 0 aliphatic carbocycles. The normalized spacial score (nSPS) is 11.1. The number of fused-ring (bicyclic) bond motifs is 1. The topological polar surface area (TPSA) is 89.6 Å². The van der Waals surface area contributed by atoms with Crippen LogP contribution in [-0.2, 0) is 6.42 Å². The molecule has 1 aromatic carbocycles. The number of anilines is 1. The summed E-state index contributed by atoms with van der Waals surface area (Å²) in [7, 11) is 0. The molecule has 0 atom stereocenters. The molecule has 0 radical (unpaired) electrons. The fraction of sp³-hybridized carbons (Fsp3) is 0.214. The second-order valence-electron chi connectivity index (χ2n) is 4.70. The molecular weight excluding hydrogens is 254 g/mol. The van der Waals surface area contributed by atoms with Crippen LogP contribution in [0.15, 0.2) is 29.3 Å². The molecule has 0 spiro atoms. The quantitative estimate of drug-likeness (QED) is 0.738. The highest BCUT2D eigenvalue weighted by molar-refractivity contribution is 5.73. The van der Waals surface area contributed by atoms with Gasteiger partial charge in [-0.15, -0.1) is 0 Å². The maximum atomic E-state index is 11.8. The molecular formula is C14H15N5O. The van der Waals surface area contributed by atoms with Crippen molar-refractivity contribution in [3.63, 3.8) is 0 Å². The number of H-pyrrole nitrogens is 1. The van der Waals surface area contributed by atoms with E-state index in [9.17, 15) is 4.79 Å². The van der Waals surface area contributed by atoms with Gasteiger partial charge in [-0.25, -0.2) is 4.98 Å². The molecule has 102 valence electrons. The zero-order valence-corrected chi connectivity index (χ0v) is 11.3. The van der Waals surface area contributed by atoms with Gasteiger partial charge in [-0.05, 0) is 36.6 Å². The van der Waals surface area contributed by atoms with E-state index in [0.717, 1.165) is 12.1 Å². The monoisotopic (exact) mass is 269 g/mol. The van der Waals surface area contributed by atoms with Crippen molar-refractivity contribution < 1.29 is 0 Å². The smallest absolute Gasteiger partial charge is 0.280 e. The summed E-state index contributed by atoms with van der Waals surface area (Å²) in [5, 5.41) is 0. The summed E-state index contributed by atoms with van der Waals surface area (Å²) in [4.78, 5) is 22.5. The number of aromatic nitrogens is 4. The van der Waals surface area contributed by atoms with Gasteiger partial charge in [-0.1, -0.05) is 13.0 Å². The van der Waals surface area contributed by atoms with E-state index in [4.69, 9.17) is 5.73 Å². The molecule has 2 heterocycles. The fourth-order valence-corrected chi connectivity index (χ4v) is 2.30. The Labute approximate surface area is 115 Å². The number of nitrogens with zero attached hydrogens (tertiary/aromatic N) is 3. The third-order valence-electron chi connectivity index (χ3n) is 3.42. The summed E-state index contributed by atoms with van der Waals surface area (Å²) in [6.07, 6.45) is 2.54. The van der Waals surface area contributed by atoms with Gasteiger partial charge in [-0.3, -0.25) is 14.3 Å². The molecule has 2 aromatic heterocycles. The van der Waals surface area contributed by atoms with Crippen molar-refractivity contribution in [3.05, 3.63) is 46.0 Å². The van der Waals surface area contributed by atoms with Crippen molar-refractivity contribution in [2.75, 3.05) is 5.73 Å². The number of benzene rings is 1. The minimum atomic E-state index is -0.325. The molecule has 0 fully saturated rings. The number of nitrogens with two attached hydrogens (primary N) is 1. The van der Waals surface area contributed by atoms with Crippen LogP contribution in [0.25, 0.3) is 16.9 Å². The number of hydrogen-bond acceptors (Lipinski definition) is 4. The van der Waals surface area contributed by atoms with E-state index in [0.29, 0.717) is 5.65 Å². The second-order valence-corrected chi connectivity index (χ2v) is 4.70. The molecule has 0 bridgehead atoms. The van der Waals surface area contributed by atoms with Crippen LogP contribution in [0.5, 0.6) is 0 Å². The Morgan fingerprint density at radius 3 is 2.95 bits per heavy atom. The molecule has 0 unspecified atom stereocenters. The maximum Gasteiger partial charge on any atom is 0.280 e. The Morgan fingerprint density at radius 2 is 2.20 bits per heavy atom. The highest BCUT2D eigenvalue weighted by atomic mass is 16.1. The van der Waals surface area contributed by atoms with E-state index in [1.54, 1.807) is 10.9 Å². The van der Waals surface area contributed by atoms with Crippen LogP contribution in [0.3, 0.4) is 0 Å². The van der Waals surface area contributed by atoms with E-state index >= 15 is 0 Å². The lowest BCUT2D eigenvalue weighted by molar-refractivity contribution is 1.03. The van der Waals surface area contributed by atoms with Gasteiger partial charge in [0.25, 0.3) is 5.56 Å². The SMILES string of the molecule is CCc1cc(-n2cnc3c(=O)[nH]c(N)nc32)ccc1C. The van der Waals surface area contributed by atoms with Crippen LogP contribution < -0.4 is 11.3 Å². The van der Waals surface area contributed by atoms with Crippen LogP contribution >= 0.6 is 0 Å². The molecule has 0 aliphatic heterocycles. The Bertz CT molecular complexity index is 846. The first kappa shape index (κ1) is 12.4. The van der Waals surface area contributed by atoms with Crippen LogP contribution in [0.2, 0.25) is 0 Å². The van der Waals surface area contributed by atoms with Crippen molar-refractivity contribution >= 4 is 17.1 Å². The largest absolute Gasteiger partial charge is 0.369 e. The molecule has 6 nitrogen and oxygen atoms in total. The van der Waals surface area contributed by atoms with Crippen molar-refractivity contribution in [1.82, 2.24) is 19.5 Å². The summed E-state index contributed by atoms with van der Waals surface area (Å²) >= 11 is 0. The van der Waals surface area contributed by atoms with E-state index in [1.807, 2.05) is 6.07 Å². The van der Waals surface area contributed by atoms with Gasteiger partial charge >= 0.3 is 0 Å². The lowest BCUT2D eigenvalue weighted by Gasteiger charge is -2.08. The molecule has 0 saturated carbocycles. The first-order valence-electron chi connectivity index (χ1n) is 6.43. The molecule has 0 aliphatic rings. The predicted molar refractivity (Wildman–Crippen MR) is 78.0 cm³/mol. The number of rotatable bonds is 2. The minimum Gasteiger partial charge on any atom is -0.369 e. The van der Waals surface area contributed by atoms with E-state index in [2.05, 4.69) is 40.9 Å². The van der Waals surface area contributed by atoms with Crippen molar-refractivity contribution in [2.45, 2.75) is 20.3 Å². The number of aromatic amines is 1. The third-order valence-corrected chi connectivity index (χ3v) is 3.42. The van der Waals surface area contributed by atoms with Crippen LogP contribution in [-0.4, -0.2) is 19.5 Å². The van der Waals surface area contributed by atoms with Crippen LogP contribution in [0.4, 0.5) is 5.95 Å². The van der Waals surface area contributed by atoms with Crippen LogP contribution in [0, 0.1) is 6.92 Å². The molecule has 0 saturated heterocycles. The first-order valence-corrected chi connectivity index (χ1v) is 6.43. The highest BCUT2D eigenvalue weighted by Gasteiger charge is 2.11. The van der Waals surface area contributed by atoms with E-state index in [1.165, 1.54) is 11.1 Å². The molecule has 20 heavy (non-hydrogen) atoms. The van der Waals surface area contributed by atoms with Gasteiger partial charge in [0, 0.05) is 5.69 Å². The summed E-state index contributed by atoms with van der Waals surface area (Å²) in [5.41, 5.74) is 9.45. The van der Waals surface area contributed by atoms with Gasteiger partial charge in [-0.2, -0.15) is 4.98 Å². The average molecular weight is 269 g/mol. The standard InChI is InChI=1S/C14H15N5O/c1-3-9-6-10(5-4-8(9)2)19-7-16-11-12(19)17-14(15)18-13(11)20/h4-7H,3H2,1-2H3,(H3,15,17,18,20). The van der Waals surface area contributed by atoms with Crippen molar-refractivity contribution in [2.24, 2.45) is 0 Å². The van der Waals surface area contributed by atoms with Gasteiger partial charge < -0.3 is 5.73 Å². The molecule has 3 N–H and O–H groups in total. The Morgan fingerprint density at radius 1 is 1.40 bits per heavy atom. The lowest BCUT2D eigenvalue weighted by Crippen LogP contribution is -2.12. The maximum absolute atomic E-state index is 11.8. The first-order chi connectivity index (χ1) is 9.60. The van der Waals surface area contributed by atoms with Crippen molar-refractivity contribution in [1.29, 1.82) is 0 Å². The zero-order chi connectivity index (χ0) is 14.3. The third kappa shape index (κ3) is 1.85. The highest BCUT2D eigenvalue weighted by Crippen LogP contribution is 2.18. The number of nitrogen functional groups attached to an aromatic ring is 1. The molecule has 3 aromatic rings. The van der Waals surface area contributed by atoms with E-state index in [-0.39, 0.29) is 17.0 Å². The molecule has 6 heteroatoms. The number of imidazole rings is 1. The molecule has 3 rings (SSSR count). The minimum absolute atomic E-state index is 0.0899. The summed E-state index contributed by atoms with van der Waals surface area (Å²) < 4.78 is 1.78. The van der Waals surface area contributed by atoms with Gasteiger partial charge in [0.1, 0.15) is 6.33 Å². The fourth-order valence-electron chi connectivity index (χ4n) is 2.30. The summed E-state index contributed by atoms with van der Waals surface area (Å²) in [6.45, 7) is 4.19. The number of aryl methyl sites for hydroxylation is 2. The number of nitrogens with one attached hydrogen (secondary N) is 1. The van der Waals surface area contributed by atoms with Gasteiger partial charge in [0.15, 0.2) is 11.2 Å². The Hall–Kier alpha value is -2.63. The lowest BCUT2D eigenvalue weighted by atomic mass is 10.1. The average Bonchev–Trinajstić information content (AvgIpc) is 2.83. The second kappa shape index (κ2) is 4.48. The summed E-state index contributed by atoms with van der Waals surface area (Å²) in [6, 6.07) is 6.11. The number of hydrogen-bond donors (Lipinski definition) is 2. The summed E-state index contributed by atoms with van der Waals surface area (Å²) in [5.74, 6) is 0.0899. The van der Waals surface area contributed by atoms with Crippen LogP contribution in [0.1, 0.15) is 18.1 Å². The van der Waals surface area contributed by atoms with Gasteiger partial charge in [0.2, 0.25) is 5.95 Å². The molecule has 0 amide bonds. The van der Waals surface area contributed by atoms with Crippen molar-refractivity contribution in [3.8, 4) is 5.69 Å². The van der Waals surface area contributed by atoms with E-state index < -0.39 is 0 Å².